The molecule has 6 nitrogen and oxygen atoms in total. The molecule has 0 aliphatic heterocycles. The highest BCUT2D eigenvalue weighted by Crippen LogP contribution is 2.23. The summed E-state index contributed by atoms with van der Waals surface area (Å²) >= 11 is 1.39. The molecule has 18 heavy (non-hydrogen) atoms. The van der Waals surface area contributed by atoms with Crippen LogP contribution in [0.4, 0.5) is 5.69 Å². The first-order valence-electron chi connectivity index (χ1n) is 4.94. The Morgan fingerprint density at radius 2 is 2.22 bits per heavy atom. The number of nitrogens with two attached hydrogens (primary N) is 1. The van der Waals surface area contributed by atoms with Crippen LogP contribution >= 0.6 is 11.3 Å². The number of hydrogen-bond donors (Lipinski definition) is 3. The number of benzene rings is 1. The lowest BCUT2D eigenvalue weighted by atomic mass is 10.3. The van der Waals surface area contributed by atoms with Gasteiger partial charge in [0.2, 0.25) is 10.0 Å². The second kappa shape index (κ2) is 4.92. The smallest absolute Gasteiger partial charge is 0.241 e. The van der Waals surface area contributed by atoms with Gasteiger partial charge in [0.1, 0.15) is 5.75 Å². The fourth-order valence-corrected chi connectivity index (χ4v) is 2.87. The van der Waals surface area contributed by atoms with Crippen molar-refractivity contribution in [1.29, 1.82) is 0 Å². The zero-order chi connectivity index (χ0) is 13.2. The summed E-state index contributed by atoms with van der Waals surface area (Å²) in [5.41, 5.74) is 7.75. The van der Waals surface area contributed by atoms with E-state index < -0.39 is 10.0 Å². The van der Waals surface area contributed by atoms with Crippen molar-refractivity contribution in [3.63, 3.8) is 0 Å². The molecule has 96 valence electrons. The molecule has 8 heteroatoms. The minimum atomic E-state index is -3.65. The summed E-state index contributed by atoms with van der Waals surface area (Å²) in [5.74, 6) is -0.145. The fraction of sp³-hybridized carbons (Fsp3) is 0.100. The number of rotatable bonds is 4. The number of nitrogen functional groups attached to an aromatic ring is 1. The van der Waals surface area contributed by atoms with Crippen molar-refractivity contribution in [3.05, 3.63) is 34.8 Å². The molecule has 0 amide bonds. The van der Waals surface area contributed by atoms with Gasteiger partial charge in [0.05, 0.1) is 28.3 Å². The molecule has 2 rings (SSSR count). The second-order valence-corrected chi connectivity index (χ2v) is 6.01. The van der Waals surface area contributed by atoms with Gasteiger partial charge >= 0.3 is 0 Å². The minimum absolute atomic E-state index is 0.00743. The lowest BCUT2D eigenvalue weighted by molar-refractivity contribution is 0.477. The van der Waals surface area contributed by atoms with Gasteiger partial charge in [-0.05, 0) is 18.2 Å². The van der Waals surface area contributed by atoms with E-state index in [1.165, 1.54) is 29.5 Å². The van der Waals surface area contributed by atoms with Crippen LogP contribution in [0.15, 0.2) is 34.0 Å². The van der Waals surface area contributed by atoms with Gasteiger partial charge in [-0.1, -0.05) is 0 Å². The fourth-order valence-electron chi connectivity index (χ4n) is 1.28. The number of phenols is 1. The summed E-state index contributed by atoms with van der Waals surface area (Å²) in [6.07, 6.45) is 0. The number of sulfonamides is 1. The topological polar surface area (TPSA) is 105 Å². The van der Waals surface area contributed by atoms with Gasteiger partial charge in [0.25, 0.3) is 0 Å². The van der Waals surface area contributed by atoms with Crippen molar-refractivity contribution in [2.24, 2.45) is 0 Å². The Labute approximate surface area is 108 Å². The maximum atomic E-state index is 11.9. The Hall–Kier alpha value is -1.64. The Balaban J connectivity index is 2.17. The van der Waals surface area contributed by atoms with Gasteiger partial charge in [-0.3, -0.25) is 0 Å². The quantitative estimate of drug-likeness (QED) is 0.572. The zero-order valence-corrected chi connectivity index (χ0v) is 10.8. The SMILES string of the molecule is Nc1cc(S(=O)(=O)NCc2cscn2)ccc1O. The monoisotopic (exact) mass is 285 g/mol. The molecule has 0 atom stereocenters. The van der Waals surface area contributed by atoms with Crippen LogP contribution < -0.4 is 10.5 Å². The molecule has 0 saturated heterocycles. The third-order valence-electron chi connectivity index (χ3n) is 2.24. The van der Waals surface area contributed by atoms with Crippen LogP contribution in [0.5, 0.6) is 5.75 Å². The van der Waals surface area contributed by atoms with Crippen LogP contribution in [0.2, 0.25) is 0 Å². The molecule has 2 aromatic rings. The molecule has 0 unspecified atom stereocenters. The largest absolute Gasteiger partial charge is 0.506 e. The summed E-state index contributed by atoms with van der Waals surface area (Å²) in [5, 5.41) is 11.0. The van der Waals surface area contributed by atoms with Crippen molar-refractivity contribution in [2.75, 3.05) is 5.73 Å². The molecular weight excluding hydrogens is 274 g/mol. The predicted molar refractivity (Wildman–Crippen MR) is 68.7 cm³/mol. The molecule has 0 saturated carbocycles. The van der Waals surface area contributed by atoms with Gasteiger partial charge in [-0.2, -0.15) is 0 Å². The number of nitrogens with zero attached hydrogens (tertiary/aromatic N) is 1. The maximum Gasteiger partial charge on any atom is 0.241 e. The number of phenolic OH excluding ortho intramolecular Hbond substituents is 1. The zero-order valence-electron chi connectivity index (χ0n) is 9.20. The van der Waals surface area contributed by atoms with Gasteiger partial charge in [-0.15, -0.1) is 11.3 Å². The Kier molecular flexibility index (Phi) is 3.50. The van der Waals surface area contributed by atoms with Crippen LogP contribution in [0.1, 0.15) is 5.69 Å². The van der Waals surface area contributed by atoms with Gasteiger partial charge < -0.3 is 10.8 Å². The maximum absolute atomic E-state index is 11.9. The molecule has 0 aliphatic rings. The second-order valence-electron chi connectivity index (χ2n) is 3.52. The van der Waals surface area contributed by atoms with Crippen molar-refractivity contribution in [3.8, 4) is 5.75 Å². The molecule has 0 aliphatic carbocycles. The van der Waals surface area contributed by atoms with Crippen molar-refractivity contribution >= 4 is 27.0 Å². The summed E-state index contributed by atoms with van der Waals surface area (Å²) in [7, 11) is -3.65. The highest BCUT2D eigenvalue weighted by Gasteiger charge is 2.15. The first kappa shape index (κ1) is 12.8. The number of hydrogen-bond acceptors (Lipinski definition) is 6. The molecule has 4 N–H and O–H groups in total. The number of aromatic nitrogens is 1. The summed E-state index contributed by atoms with van der Waals surface area (Å²) in [6, 6.07) is 3.74. The molecule has 0 fully saturated rings. The highest BCUT2D eigenvalue weighted by molar-refractivity contribution is 7.89. The van der Waals surface area contributed by atoms with Crippen LogP contribution in [-0.4, -0.2) is 18.5 Å². The Morgan fingerprint density at radius 3 is 2.83 bits per heavy atom. The van der Waals surface area contributed by atoms with E-state index in [4.69, 9.17) is 5.73 Å². The normalized spacial score (nSPS) is 11.6. The highest BCUT2D eigenvalue weighted by atomic mass is 32.2. The van der Waals surface area contributed by atoms with Crippen molar-refractivity contribution in [1.82, 2.24) is 9.71 Å². The van der Waals surface area contributed by atoms with Gasteiger partial charge in [0.15, 0.2) is 0 Å². The number of thiazole rings is 1. The van der Waals surface area contributed by atoms with E-state index in [0.717, 1.165) is 0 Å². The van der Waals surface area contributed by atoms with E-state index in [1.54, 1.807) is 10.9 Å². The standard InChI is InChI=1S/C10H11N3O3S2/c11-9-3-8(1-2-10(9)14)18(15,16)13-4-7-5-17-6-12-7/h1-3,5-6,13-14H,4,11H2. The Morgan fingerprint density at radius 1 is 1.44 bits per heavy atom. The van der Waals surface area contributed by atoms with E-state index >= 15 is 0 Å². The third kappa shape index (κ3) is 2.78. The number of nitrogens with one attached hydrogen (secondary N) is 1. The molecule has 1 aromatic carbocycles. The number of anilines is 1. The molecule has 1 aromatic heterocycles. The van der Waals surface area contributed by atoms with E-state index in [9.17, 15) is 13.5 Å². The van der Waals surface area contributed by atoms with Crippen molar-refractivity contribution in [2.45, 2.75) is 11.4 Å². The van der Waals surface area contributed by atoms with Gasteiger partial charge in [-0.25, -0.2) is 18.1 Å². The lowest BCUT2D eigenvalue weighted by Gasteiger charge is -2.06. The third-order valence-corrected chi connectivity index (χ3v) is 4.27. The van der Waals surface area contributed by atoms with E-state index in [-0.39, 0.29) is 22.9 Å². The van der Waals surface area contributed by atoms with Crippen molar-refractivity contribution < 1.29 is 13.5 Å². The first-order valence-corrected chi connectivity index (χ1v) is 7.37. The van der Waals surface area contributed by atoms with E-state index in [1.807, 2.05) is 0 Å². The predicted octanol–water partition coefficient (Wildman–Crippen LogP) is 0.909. The van der Waals surface area contributed by atoms with Crippen LogP contribution in [0.3, 0.4) is 0 Å². The first-order chi connectivity index (χ1) is 8.49. The van der Waals surface area contributed by atoms with E-state index in [0.29, 0.717) is 5.69 Å². The van der Waals surface area contributed by atoms with Crippen LogP contribution in [0.25, 0.3) is 0 Å². The summed E-state index contributed by atoms with van der Waals surface area (Å²) in [6.45, 7) is 0.118. The summed E-state index contributed by atoms with van der Waals surface area (Å²) < 4.78 is 26.2. The van der Waals surface area contributed by atoms with Crippen LogP contribution in [0, 0.1) is 0 Å². The Bertz CT molecular complexity index is 638. The average molecular weight is 285 g/mol. The molecule has 0 radical (unpaired) electrons. The van der Waals surface area contributed by atoms with Crippen LogP contribution in [-0.2, 0) is 16.6 Å². The molecule has 1 heterocycles. The molecular formula is C10H11N3O3S2. The number of aromatic hydroxyl groups is 1. The average Bonchev–Trinajstić information content (AvgIpc) is 2.83. The molecule has 0 bridgehead atoms. The lowest BCUT2D eigenvalue weighted by Crippen LogP contribution is -2.23. The molecule has 0 spiro atoms. The van der Waals surface area contributed by atoms with Gasteiger partial charge in [0, 0.05) is 5.38 Å². The minimum Gasteiger partial charge on any atom is -0.506 e. The van der Waals surface area contributed by atoms with E-state index in [2.05, 4.69) is 9.71 Å². The summed E-state index contributed by atoms with van der Waals surface area (Å²) in [4.78, 5) is 3.98.